The number of rotatable bonds is 6. The number of fused-ring (bicyclic) bond motifs is 10. The predicted molar refractivity (Wildman–Crippen MR) is 296 cm³/mol. The Morgan fingerprint density at radius 1 is 0.571 bits per heavy atom. The molecule has 2 aliphatic heterocycles. The van der Waals surface area contributed by atoms with E-state index in [9.17, 15) is 0 Å². The van der Waals surface area contributed by atoms with Crippen LogP contribution in [0.1, 0.15) is 64.4 Å². The lowest BCUT2D eigenvalue weighted by molar-refractivity contribution is 0.744. The van der Waals surface area contributed by atoms with E-state index in [1.807, 2.05) is 0 Å². The zero-order valence-electron chi connectivity index (χ0n) is 39.1. The van der Waals surface area contributed by atoms with Gasteiger partial charge in [0.2, 0.25) is 0 Å². The molecule has 6 aromatic carbocycles. The lowest BCUT2D eigenvalue weighted by atomic mass is 9.88. The Kier molecular flexibility index (Phi) is 9.55. The Morgan fingerprint density at radius 2 is 1.30 bits per heavy atom. The quantitative estimate of drug-likeness (QED) is 0.165. The van der Waals surface area contributed by atoms with E-state index < -0.39 is 0 Å². The van der Waals surface area contributed by atoms with E-state index in [4.69, 9.17) is 6.58 Å². The van der Waals surface area contributed by atoms with E-state index in [-0.39, 0.29) is 18.0 Å². The lowest BCUT2D eigenvalue weighted by Crippen LogP contribution is -2.32. The van der Waals surface area contributed by atoms with Crippen molar-refractivity contribution < 1.29 is 0 Å². The molecule has 14 rings (SSSR count). The summed E-state index contributed by atoms with van der Waals surface area (Å²) >= 11 is 0. The minimum atomic E-state index is 0.00434. The normalized spacial score (nSPS) is 20.6. The van der Waals surface area contributed by atoms with Crippen molar-refractivity contribution in [2.24, 2.45) is 0 Å². The van der Waals surface area contributed by atoms with E-state index in [1.165, 1.54) is 100 Å². The van der Waals surface area contributed by atoms with Crippen LogP contribution >= 0.6 is 0 Å². The summed E-state index contributed by atoms with van der Waals surface area (Å²) in [6, 6.07) is 52.2. The summed E-state index contributed by atoms with van der Waals surface area (Å²) < 4.78 is 5.07. The van der Waals surface area contributed by atoms with Gasteiger partial charge >= 0.3 is 0 Å². The van der Waals surface area contributed by atoms with Gasteiger partial charge in [0, 0.05) is 68.2 Å². The SMILES string of the molecule is C=C1/C=C\C=C/N(C2C=C(n3c4c(c5ccccc53)C=CCC4)C=C(c3ccccc3)C2)c2cc3c(cc21)C1C=CC=CC1N3c1cc(-c2ccccc2)cc(-n2c3c(c4ccccc42)CCC=C3)c1. The Balaban J connectivity index is 0.971. The molecule has 8 aromatic rings. The van der Waals surface area contributed by atoms with Crippen LogP contribution in [-0.2, 0) is 12.8 Å². The fourth-order valence-electron chi connectivity index (χ4n) is 12.4. The zero-order valence-corrected chi connectivity index (χ0v) is 39.1. The van der Waals surface area contributed by atoms with Crippen LogP contribution in [0.25, 0.3) is 67.6 Å². The highest BCUT2D eigenvalue weighted by Crippen LogP contribution is 2.53. The van der Waals surface area contributed by atoms with Crippen LogP contribution in [0.2, 0.25) is 0 Å². The summed E-state index contributed by atoms with van der Waals surface area (Å²) in [5.41, 5.74) is 22.4. The first-order valence-corrected chi connectivity index (χ1v) is 25.1. The third kappa shape index (κ3) is 6.50. The average Bonchev–Trinajstić information content (AvgIpc) is 4.06. The molecule has 2 aromatic heterocycles. The van der Waals surface area contributed by atoms with Crippen molar-refractivity contribution in [2.75, 3.05) is 9.80 Å². The number of aryl methyl sites for hydroxylation is 1. The van der Waals surface area contributed by atoms with Crippen LogP contribution in [0.15, 0.2) is 219 Å². The van der Waals surface area contributed by atoms with Crippen molar-refractivity contribution >= 4 is 67.9 Å². The largest absolute Gasteiger partial charge is 0.340 e. The fourth-order valence-corrected chi connectivity index (χ4v) is 12.4. The highest BCUT2D eigenvalue weighted by molar-refractivity contribution is 5.98. The molecule has 3 atom stereocenters. The number of anilines is 3. The van der Waals surface area contributed by atoms with Gasteiger partial charge in [-0.05, 0) is 138 Å². The van der Waals surface area contributed by atoms with Crippen molar-refractivity contribution in [1.29, 1.82) is 0 Å². The first-order chi connectivity index (χ1) is 34.6. The first kappa shape index (κ1) is 40.7. The van der Waals surface area contributed by atoms with Crippen LogP contribution in [0.3, 0.4) is 0 Å². The number of allylic oxidation sites excluding steroid dienone is 10. The van der Waals surface area contributed by atoms with Gasteiger partial charge in [0.05, 0.1) is 28.8 Å². The van der Waals surface area contributed by atoms with Crippen LogP contribution in [0.5, 0.6) is 0 Å². The summed E-state index contributed by atoms with van der Waals surface area (Å²) in [5, 5.41) is 2.65. The fraction of sp³-hybridized carbons (Fsp3) is 0.121. The van der Waals surface area contributed by atoms with E-state index in [2.05, 4.69) is 244 Å². The van der Waals surface area contributed by atoms with Gasteiger partial charge in [-0.25, -0.2) is 0 Å². The summed E-state index contributed by atoms with van der Waals surface area (Å²) in [4.78, 5) is 5.17. The van der Waals surface area contributed by atoms with Crippen LogP contribution < -0.4 is 9.80 Å². The molecule has 0 amide bonds. The zero-order chi connectivity index (χ0) is 46.3. The second-order valence-corrected chi connectivity index (χ2v) is 19.5. The lowest BCUT2D eigenvalue weighted by Gasteiger charge is -2.36. The van der Waals surface area contributed by atoms with E-state index >= 15 is 0 Å². The van der Waals surface area contributed by atoms with Crippen molar-refractivity contribution in [2.45, 2.75) is 50.1 Å². The Morgan fingerprint density at radius 3 is 2.16 bits per heavy atom. The summed E-state index contributed by atoms with van der Waals surface area (Å²) in [6.45, 7) is 4.75. The molecule has 0 fully saturated rings. The van der Waals surface area contributed by atoms with Crippen molar-refractivity contribution in [3.05, 3.63) is 258 Å². The average molecular weight is 901 g/mol. The molecule has 0 N–H and O–H groups in total. The van der Waals surface area contributed by atoms with Gasteiger partial charge in [-0.2, -0.15) is 0 Å². The van der Waals surface area contributed by atoms with Gasteiger partial charge in [0.25, 0.3) is 0 Å². The molecule has 4 aliphatic carbocycles. The van der Waals surface area contributed by atoms with Gasteiger partial charge in [-0.3, -0.25) is 0 Å². The second kappa shape index (κ2) is 16.4. The number of aromatic nitrogens is 2. The maximum absolute atomic E-state index is 4.75. The number of hydrogen-bond acceptors (Lipinski definition) is 2. The summed E-state index contributed by atoms with van der Waals surface area (Å²) in [5.74, 6) is 0.166. The monoisotopic (exact) mass is 900 g/mol. The second-order valence-electron chi connectivity index (χ2n) is 19.5. The van der Waals surface area contributed by atoms with Gasteiger partial charge < -0.3 is 18.9 Å². The van der Waals surface area contributed by atoms with Gasteiger partial charge in [-0.15, -0.1) is 0 Å². The summed E-state index contributed by atoms with van der Waals surface area (Å²) in [7, 11) is 0. The molecular weight excluding hydrogens is 849 g/mol. The molecule has 0 radical (unpaired) electrons. The van der Waals surface area contributed by atoms with Crippen LogP contribution in [0, 0.1) is 0 Å². The van der Waals surface area contributed by atoms with Crippen LogP contribution in [0.4, 0.5) is 17.1 Å². The van der Waals surface area contributed by atoms with Gasteiger partial charge in [-0.1, -0.05) is 158 Å². The standard InChI is InChI=1S/C66H52N4/c1-44-20-18-19-35-67(49-36-47(45-21-4-2-5-22-45)37-50(40-49)68-60-30-13-8-25-53(60)54-26-9-14-31-61(54)68)65-43-66-59(42-58(44)65)57-29-12-17-34-64(57)70(66)52-39-48(46-23-6-3-7-24-46)38-51(41-52)69-62-32-15-10-27-55(62)56-28-11-16-33-63(56)69/h2-10,12-13,15-27,29-30,32-35,37-43,49,57,64H,1,11,14,28,31,36H2/b20-18-,35-19-. The third-order valence-electron chi connectivity index (χ3n) is 15.6. The number of hydrogen-bond donors (Lipinski definition) is 0. The maximum Gasteiger partial charge on any atom is 0.0629 e. The molecule has 3 unspecified atom stereocenters. The Bertz CT molecular complexity index is 3730. The number of benzene rings is 6. The predicted octanol–water partition coefficient (Wildman–Crippen LogP) is 16.2. The molecule has 0 bridgehead atoms. The smallest absolute Gasteiger partial charge is 0.0629 e. The maximum atomic E-state index is 4.75. The Hall–Kier alpha value is -8.34. The minimum Gasteiger partial charge on any atom is -0.340 e. The Labute approximate surface area is 410 Å². The molecule has 4 heteroatoms. The van der Waals surface area contributed by atoms with E-state index in [0.29, 0.717) is 0 Å². The topological polar surface area (TPSA) is 16.3 Å². The number of para-hydroxylation sites is 2. The van der Waals surface area contributed by atoms with Gasteiger partial charge in [0.1, 0.15) is 0 Å². The van der Waals surface area contributed by atoms with Crippen molar-refractivity contribution in [1.82, 2.24) is 9.13 Å². The molecular formula is C66H52N4. The van der Waals surface area contributed by atoms with E-state index in [0.717, 1.165) is 43.4 Å². The first-order valence-electron chi connectivity index (χ1n) is 25.1. The third-order valence-corrected chi connectivity index (χ3v) is 15.6. The number of nitrogens with zero attached hydrogens (tertiary/aromatic N) is 4. The molecule has 0 spiro atoms. The van der Waals surface area contributed by atoms with Crippen molar-refractivity contribution in [3.63, 3.8) is 0 Å². The molecule has 4 nitrogen and oxygen atoms in total. The van der Waals surface area contributed by atoms with Gasteiger partial charge in [0.15, 0.2) is 0 Å². The summed E-state index contributed by atoms with van der Waals surface area (Å²) in [6.07, 6.45) is 37.5. The molecule has 70 heavy (non-hydrogen) atoms. The van der Waals surface area contributed by atoms with E-state index in [1.54, 1.807) is 0 Å². The van der Waals surface area contributed by atoms with Crippen molar-refractivity contribution in [3.8, 4) is 16.8 Å². The molecule has 336 valence electrons. The van der Waals surface area contributed by atoms with Crippen LogP contribution in [-0.4, -0.2) is 21.2 Å². The highest BCUT2D eigenvalue weighted by Gasteiger charge is 2.40. The minimum absolute atomic E-state index is 0.00434. The molecule has 0 saturated carbocycles. The highest BCUT2D eigenvalue weighted by atomic mass is 15.2. The molecule has 6 aliphatic rings. The molecule has 4 heterocycles. The molecule has 0 saturated heterocycles.